The first kappa shape index (κ1) is 22.4. The Hall–Kier alpha value is -1.89. The van der Waals surface area contributed by atoms with Crippen LogP contribution in [-0.2, 0) is 6.42 Å². The summed E-state index contributed by atoms with van der Waals surface area (Å²) in [4.78, 5) is 8.82. The zero-order chi connectivity index (χ0) is 20.5. The number of aliphatic imine (C=N–C) groups is 1. The molecule has 6 heteroatoms. The van der Waals surface area contributed by atoms with E-state index in [1.807, 2.05) is 25.2 Å². The van der Waals surface area contributed by atoms with Crippen molar-refractivity contribution in [3.63, 3.8) is 0 Å². The van der Waals surface area contributed by atoms with Gasteiger partial charge in [0.1, 0.15) is 10.8 Å². The number of anilines is 2. The lowest BCUT2D eigenvalue weighted by atomic mass is 10.1. The fourth-order valence-electron chi connectivity index (χ4n) is 3.18. The molecule has 1 fully saturated rings. The maximum Gasteiger partial charge on any atom is 0.139 e. The molecule has 0 atom stereocenters. The zero-order valence-corrected chi connectivity index (χ0v) is 18.6. The number of fused-ring (bicyclic) bond motifs is 2. The van der Waals surface area contributed by atoms with E-state index >= 15 is 0 Å². The highest BCUT2D eigenvalue weighted by Gasteiger charge is 2.24. The van der Waals surface area contributed by atoms with Gasteiger partial charge in [-0.15, -0.1) is 11.3 Å². The summed E-state index contributed by atoms with van der Waals surface area (Å²) in [6.45, 7) is 14.3. The molecule has 1 aromatic heterocycles. The van der Waals surface area contributed by atoms with Gasteiger partial charge in [0, 0.05) is 37.7 Å². The normalized spacial score (nSPS) is 14.8. The molecule has 0 saturated carbocycles. The third kappa shape index (κ3) is 5.34. The van der Waals surface area contributed by atoms with E-state index in [-0.39, 0.29) is 6.61 Å². The van der Waals surface area contributed by atoms with E-state index in [1.54, 1.807) is 6.92 Å². The molecule has 3 heterocycles. The van der Waals surface area contributed by atoms with Crippen LogP contribution in [0.5, 0.6) is 0 Å². The largest absolute Gasteiger partial charge is 0.397 e. The van der Waals surface area contributed by atoms with Crippen LogP contribution in [0.4, 0.5) is 16.4 Å². The molecule has 5 nitrogen and oxygen atoms in total. The predicted molar refractivity (Wildman–Crippen MR) is 123 cm³/mol. The number of amidine groups is 1. The molecular weight excluding hydrogens is 368 g/mol. The molecule has 0 bridgehead atoms. The summed E-state index contributed by atoms with van der Waals surface area (Å²) in [5, 5.41) is 15.8. The minimum atomic E-state index is 0.250. The number of aliphatic hydroxyl groups is 1. The number of aliphatic hydroxyl groups excluding tert-OH is 1. The van der Waals surface area contributed by atoms with Crippen molar-refractivity contribution >= 4 is 33.5 Å². The first-order valence-corrected chi connectivity index (χ1v) is 11.1. The number of hydrogen-bond donors (Lipinski definition) is 3. The van der Waals surface area contributed by atoms with Crippen molar-refractivity contribution in [1.82, 2.24) is 10.2 Å². The lowest BCUT2D eigenvalue weighted by Crippen LogP contribution is -2.46. The smallest absolute Gasteiger partial charge is 0.139 e. The van der Waals surface area contributed by atoms with Crippen LogP contribution in [0, 0.1) is 6.92 Å². The van der Waals surface area contributed by atoms with Crippen molar-refractivity contribution in [2.24, 2.45) is 4.99 Å². The van der Waals surface area contributed by atoms with E-state index < -0.39 is 0 Å². The van der Waals surface area contributed by atoms with Gasteiger partial charge < -0.3 is 20.6 Å². The molecule has 2 aromatic rings. The average molecular weight is 403 g/mol. The summed E-state index contributed by atoms with van der Waals surface area (Å²) in [6, 6.07) is 8.84. The molecule has 28 heavy (non-hydrogen) atoms. The van der Waals surface area contributed by atoms with Gasteiger partial charge in [-0.25, -0.2) is 4.99 Å². The highest BCUT2D eigenvalue weighted by Crippen LogP contribution is 2.39. The van der Waals surface area contributed by atoms with Crippen molar-refractivity contribution in [1.29, 1.82) is 0 Å². The molecule has 0 amide bonds. The van der Waals surface area contributed by atoms with Gasteiger partial charge in [0.25, 0.3) is 0 Å². The van der Waals surface area contributed by atoms with Crippen molar-refractivity contribution in [3.05, 3.63) is 40.3 Å². The first-order chi connectivity index (χ1) is 13.7. The monoisotopic (exact) mass is 402 g/mol. The molecule has 0 radical (unpaired) electrons. The number of piperazine rings is 1. The van der Waals surface area contributed by atoms with Gasteiger partial charge in [-0.05, 0) is 44.0 Å². The molecule has 4 rings (SSSR count). The number of nitrogens with one attached hydrogen (secondary N) is 2. The topological polar surface area (TPSA) is 59.9 Å². The van der Waals surface area contributed by atoms with Gasteiger partial charge in [0.2, 0.25) is 0 Å². The standard InChI is InChI=1S/C18H22N4S.C2H6O.C2H6/c1-3-13-4-5-15-16(11-13)20-17(22-8-6-19-7-9-22)14-10-12(2)23-18(14)21-15;1-2-3;1-2/h4-5,10-11,19,21H,3,6-9H2,1-2H3;3H,2H2,1H3;1-2H3. The highest BCUT2D eigenvalue weighted by molar-refractivity contribution is 7.16. The molecular formula is C22H34N4OS. The number of thiophene rings is 1. The van der Waals surface area contributed by atoms with E-state index in [9.17, 15) is 0 Å². The van der Waals surface area contributed by atoms with Gasteiger partial charge in [-0.1, -0.05) is 26.8 Å². The fraction of sp³-hybridized carbons (Fsp3) is 0.500. The number of nitrogens with zero attached hydrogens (tertiary/aromatic N) is 2. The van der Waals surface area contributed by atoms with Crippen LogP contribution in [-0.4, -0.2) is 48.6 Å². The third-order valence-electron chi connectivity index (χ3n) is 4.46. The second-order valence-electron chi connectivity index (χ2n) is 6.42. The molecule has 0 unspecified atom stereocenters. The van der Waals surface area contributed by atoms with Gasteiger partial charge in [0.05, 0.1) is 16.9 Å². The Bertz CT molecular complexity index is 779. The lowest BCUT2D eigenvalue weighted by Gasteiger charge is -2.30. The predicted octanol–water partition coefficient (Wildman–Crippen LogP) is 4.68. The van der Waals surface area contributed by atoms with Crippen LogP contribution in [0.25, 0.3) is 0 Å². The number of rotatable bonds is 1. The quantitative estimate of drug-likeness (QED) is 0.648. The van der Waals surface area contributed by atoms with E-state index in [1.165, 1.54) is 21.0 Å². The van der Waals surface area contributed by atoms with Gasteiger partial charge >= 0.3 is 0 Å². The number of hydrogen-bond acceptors (Lipinski definition) is 6. The van der Waals surface area contributed by atoms with E-state index in [2.05, 4.69) is 53.6 Å². The molecule has 0 aliphatic carbocycles. The Morgan fingerprint density at radius 3 is 2.46 bits per heavy atom. The molecule has 0 spiro atoms. The minimum absolute atomic E-state index is 0.250. The van der Waals surface area contributed by atoms with Crippen LogP contribution < -0.4 is 10.6 Å². The second kappa shape index (κ2) is 11.2. The van der Waals surface area contributed by atoms with E-state index in [0.29, 0.717) is 0 Å². The Morgan fingerprint density at radius 2 is 1.82 bits per heavy atom. The Morgan fingerprint density at radius 1 is 1.14 bits per heavy atom. The van der Waals surface area contributed by atoms with Crippen LogP contribution in [0.3, 0.4) is 0 Å². The number of benzene rings is 1. The summed E-state index contributed by atoms with van der Waals surface area (Å²) in [7, 11) is 0. The van der Waals surface area contributed by atoms with Crippen LogP contribution in [0.2, 0.25) is 0 Å². The minimum Gasteiger partial charge on any atom is -0.397 e. The Balaban J connectivity index is 0.000000514. The fourth-order valence-corrected chi connectivity index (χ4v) is 4.10. The van der Waals surface area contributed by atoms with Crippen LogP contribution >= 0.6 is 11.3 Å². The molecule has 154 valence electrons. The molecule has 1 saturated heterocycles. The van der Waals surface area contributed by atoms with E-state index in [4.69, 9.17) is 10.1 Å². The Labute approximate surface area is 173 Å². The molecule has 2 aliphatic heterocycles. The molecule has 3 N–H and O–H groups in total. The summed E-state index contributed by atoms with van der Waals surface area (Å²) < 4.78 is 0. The molecule has 1 aromatic carbocycles. The maximum atomic E-state index is 7.57. The van der Waals surface area contributed by atoms with Crippen molar-refractivity contribution in [3.8, 4) is 0 Å². The average Bonchev–Trinajstić information content (AvgIpc) is 3.02. The van der Waals surface area contributed by atoms with Crippen molar-refractivity contribution < 1.29 is 5.11 Å². The summed E-state index contributed by atoms with van der Waals surface area (Å²) in [6.07, 6.45) is 1.03. The zero-order valence-electron chi connectivity index (χ0n) is 17.8. The summed E-state index contributed by atoms with van der Waals surface area (Å²) in [5.41, 5.74) is 4.73. The SMILES string of the molecule is CC.CCO.CCc1ccc2c(c1)N=C(N1CCNCC1)c1cc(C)sc1N2. The number of aryl methyl sites for hydroxylation is 2. The third-order valence-corrected chi connectivity index (χ3v) is 5.42. The highest BCUT2D eigenvalue weighted by atomic mass is 32.1. The van der Waals surface area contributed by atoms with E-state index in [0.717, 1.165) is 49.8 Å². The van der Waals surface area contributed by atoms with Gasteiger partial charge in [-0.2, -0.15) is 0 Å². The second-order valence-corrected chi connectivity index (χ2v) is 7.67. The maximum absolute atomic E-state index is 7.57. The van der Waals surface area contributed by atoms with Crippen LogP contribution in [0.1, 0.15) is 43.7 Å². The van der Waals surface area contributed by atoms with Crippen molar-refractivity contribution in [2.45, 2.75) is 41.0 Å². The van der Waals surface area contributed by atoms with Gasteiger partial charge in [-0.3, -0.25) is 0 Å². The summed E-state index contributed by atoms with van der Waals surface area (Å²) in [5.74, 6) is 1.12. The molecule has 2 aliphatic rings. The van der Waals surface area contributed by atoms with Crippen LogP contribution in [0.15, 0.2) is 29.3 Å². The summed E-state index contributed by atoms with van der Waals surface area (Å²) >= 11 is 1.81. The Kier molecular flexibility index (Phi) is 8.96. The van der Waals surface area contributed by atoms with Crippen molar-refractivity contribution in [2.75, 3.05) is 38.1 Å². The van der Waals surface area contributed by atoms with Gasteiger partial charge in [0.15, 0.2) is 0 Å². The lowest BCUT2D eigenvalue weighted by molar-refractivity contribution is 0.318. The first-order valence-electron chi connectivity index (χ1n) is 10.3.